The van der Waals surface area contributed by atoms with Crippen LogP contribution in [0.3, 0.4) is 0 Å². The molecule has 0 atom stereocenters. The minimum Gasteiger partial charge on any atom is -0.376 e. The molecule has 0 radical (unpaired) electrons. The van der Waals surface area contributed by atoms with Crippen LogP contribution in [0.5, 0.6) is 0 Å². The second-order valence-electron chi connectivity index (χ2n) is 6.86. The van der Waals surface area contributed by atoms with Gasteiger partial charge < -0.3 is 9.72 Å². The predicted octanol–water partition coefficient (Wildman–Crippen LogP) is 7.12. The highest BCUT2D eigenvalue weighted by Crippen LogP contribution is 2.39. The first kappa shape index (κ1) is 21.3. The monoisotopic (exact) mass is 434 g/mol. The van der Waals surface area contributed by atoms with Crippen molar-refractivity contribution in [3.8, 4) is 0 Å². The van der Waals surface area contributed by atoms with Crippen LogP contribution in [-0.4, -0.2) is 16.6 Å². The van der Waals surface area contributed by atoms with Crippen molar-refractivity contribution in [3.05, 3.63) is 75.2 Å². The summed E-state index contributed by atoms with van der Waals surface area (Å²) < 4.78 is 5.74. The molecule has 0 unspecified atom stereocenters. The standard InChI is InChI=1S/C22H24Cl2N2OS/c1-4-27-13-20-19(9-15-5-7-25-8-6-15)21(14(2)3)22(26-20)28-18-11-16(23)10-17(24)12-18/h5-8,10-12,14,26H,4,9,13H2,1-3H3. The molecular formula is C22H24Cl2N2OS. The molecule has 6 heteroatoms. The Morgan fingerprint density at radius 3 is 2.39 bits per heavy atom. The van der Waals surface area contributed by atoms with Crippen molar-refractivity contribution in [1.82, 2.24) is 9.97 Å². The van der Waals surface area contributed by atoms with Crippen molar-refractivity contribution in [1.29, 1.82) is 0 Å². The molecule has 3 nitrogen and oxygen atoms in total. The number of halogens is 2. The van der Waals surface area contributed by atoms with E-state index in [1.807, 2.05) is 31.5 Å². The van der Waals surface area contributed by atoms with Gasteiger partial charge >= 0.3 is 0 Å². The van der Waals surface area contributed by atoms with Crippen LogP contribution in [0.25, 0.3) is 0 Å². The molecule has 0 aliphatic carbocycles. The number of pyridine rings is 1. The van der Waals surface area contributed by atoms with Crippen molar-refractivity contribution in [3.63, 3.8) is 0 Å². The zero-order chi connectivity index (χ0) is 20.1. The smallest absolute Gasteiger partial charge is 0.0868 e. The molecule has 2 aromatic heterocycles. The van der Waals surface area contributed by atoms with Crippen molar-refractivity contribution < 1.29 is 4.74 Å². The van der Waals surface area contributed by atoms with Crippen molar-refractivity contribution in [2.45, 2.75) is 49.6 Å². The Kier molecular flexibility index (Phi) is 7.47. The van der Waals surface area contributed by atoms with Gasteiger partial charge in [0.05, 0.1) is 11.6 Å². The summed E-state index contributed by atoms with van der Waals surface area (Å²) in [5.74, 6) is 0.362. The summed E-state index contributed by atoms with van der Waals surface area (Å²) in [5.41, 5.74) is 4.96. The fraction of sp³-hybridized carbons (Fsp3) is 0.318. The highest BCUT2D eigenvalue weighted by atomic mass is 35.5. The molecule has 148 valence electrons. The highest BCUT2D eigenvalue weighted by molar-refractivity contribution is 7.99. The summed E-state index contributed by atoms with van der Waals surface area (Å²) in [6, 6.07) is 9.75. The zero-order valence-corrected chi connectivity index (χ0v) is 18.6. The number of benzene rings is 1. The topological polar surface area (TPSA) is 37.9 Å². The van der Waals surface area contributed by atoms with Crippen LogP contribution in [0.4, 0.5) is 0 Å². The molecule has 1 aromatic carbocycles. The molecule has 0 amide bonds. The van der Waals surface area contributed by atoms with E-state index in [4.69, 9.17) is 27.9 Å². The van der Waals surface area contributed by atoms with E-state index in [0.29, 0.717) is 29.2 Å². The molecule has 0 saturated carbocycles. The summed E-state index contributed by atoms with van der Waals surface area (Å²) in [7, 11) is 0. The molecule has 28 heavy (non-hydrogen) atoms. The second-order valence-corrected chi connectivity index (χ2v) is 8.81. The second kappa shape index (κ2) is 9.84. The Bertz CT molecular complexity index is 906. The number of ether oxygens (including phenoxy) is 1. The van der Waals surface area contributed by atoms with E-state index in [1.54, 1.807) is 17.8 Å². The first-order chi connectivity index (χ1) is 13.5. The van der Waals surface area contributed by atoms with Gasteiger partial charge in [0.1, 0.15) is 0 Å². The lowest BCUT2D eigenvalue weighted by molar-refractivity contribution is 0.131. The van der Waals surface area contributed by atoms with E-state index in [9.17, 15) is 0 Å². The summed E-state index contributed by atoms with van der Waals surface area (Å²) in [6.07, 6.45) is 4.51. The SMILES string of the molecule is CCOCc1[nH]c(Sc2cc(Cl)cc(Cl)c2)c(C(C)C)c1Cc1ccncc1. The average Bonchev–Trinajstić information content (AvgIpc) is 2.97. The van der Waals surface area contributed by atoms with Crippen molar-refractivity contribution in [2.24, 2.45) is 0 Å². The van der Waals surface area contributed by atoms with E-state index < -0.39 is 0 Å². The third-order valence-corrected chi connectivity index (χ3v) is 5.85. The molecule has 0 aliphatic rings. The van der Waals surface area contributed by atoms with Crippen LogP contribution in [-0.2, 0) is 17.8 Å². The first-order valence-electron chi connectivity index (χ1n) is 9.32. The molecule has 0 fully saturated rings. The number of aromatic nitrogens is 2. The van der Waals surface area contributed by atoms with Crippen LogP contribution in [0.2, 0.25) is 10.0 Å². The maximum absolute atomic E-state index is 6.20. The van der Waals surface area contributed by atoms with E-state index in [-0.39, 0.29) is 0 Å². The fourth-order valence-corrected chi connectivity index (χ4v) is 5.12. The number of rotatable bonds is 8. The number of aromatic amines is 1. The van der Waals surface area contributed by atoms with Crippen LogP contribution >= 0.6 is 35.0 Å². The maximum Gasteiger partial charge on any atom is 0.0868 e. The molecule has 1 N–H and O–H groups in total. The average molecular weight is 435 g/mol. The maximum atomic E-state index is 6.20. The largest absolute Gasteiger partial charge is 0.376 e. The molecular weight excluding hydrogens is 411 g/mol. The van der Waals surface area contributed by atoms with Gasteiger partial charge in [0.2, 0.25) is 0 Å². The van der Waals surface area contributed by atoms with E-state index in [2.05, 4.69) is 35.9 Å². The van der Waals surface area contributed by atoms with E-state index in [1.165, 1.54) is 16.7 Å². The number of hydrogen-bond acceptors (Lipinski definition) is 3. The van der Waals surface area contributed by atoms with Gasteiger partial charge in [-0.1, -0.05) is 48.8 Å². The Morgan fingerprint density at radius 1 is 1.11 bits per heavy atom. The molecule has 0 aliphatic heterocycles. The summed E-state index contributed by atoms with van der Waals surface area (Å²) >= 11 is 14.1. The minimum absolute atomic E-state index is 0.362. The first-order valence-corrected chi connectivity index (χ1v) is 10.9. The highest BCUT2D eigenvalue weighted by Gasteiger charge is 2.21. The number of nitrogens with one attached hydrogen (secondary N) is 1. The van der Waals surface area contributed by atoms with Gasteiger partial charge in [-0.05, 0) is 66.3 Å². The third kappa shape index (κ3) is 5.32. The number of hydrogen-bond donors (Lipinski definition) is 1. The summed E-state index contributed by atoms with van der Waals surface area (Å²) in [5, 5.41) is 2.39. The fourth-order valence-electron chi connectivity index (χ4n) is 3.21. The number of nitrogens with zero attached hydrogens (tertiary/aromatic N) is 1. The van der Waals surface area contributed by atoms with Crippen LogP contribution < -0.4 is 0 Å². The lowest BCUT2D eigenvalue weighted by Crippen LogP contribution is -2.01. The minimum atomic E-state index is 0.362. The Hall–Kier alpha value is -1.46. The molecule has 2 heterocycles. The predicted molar refractivity (Wildman–Crippen MR) is 118 cm³/mol. The molecule has 3 rings (SSSR count). The summed E-state index contributed by atoms with van der Waals surface area (Å²) in [4.78, 5) is 8.76. The van der Waals surface area contributed by atoms with Crippen LogP contribution in [0.1, 0.15) is 49.1 Å². The van der Waals surface area contributed by atoms with Gasteiger partial charge in [-0.2, -0.15) is 0 Å². The molecule has 3 aromatic rings. The van der Waals surface area contributed by atoms with Gasteiger partial charge in [0, 0.05) is 39.6 Å². The quantitative estimate of drug-likeness (QED) is 0.409. The van der Waals surface area contributed by atoms with Crippen LogP contribution in [0.15, 0.2) is 52.6 Å². The summed E-state index contributed by atoms with van der Waals surface area (Å²) in [6.45, 7) is 7.69. The van der Waals surface area contributed by atoms with Crippen molar-refractivity contribution in [2.75, 3.05) is 6.61 Å². The molecule has 0 bridgehead atoms. The van der Waals surface area contributed by atoms with E-state index in [0.717, 1.165) is 22.0 Å². The molecule has 0 spiro atoms. The normalized spacial score (nSPS) is 11.4. The number of H-pyrrole nitrogens is 1. The van der Waals surface area contributed by atoms with E-state index >= 15 is 0 Å². The third-order valence-electron chi connectivity index (χ3n) is 4.41. The Labute approximate surface area is 180 Å². The van der Waals surface area contributed by atoms with Gasteiger partial charge in [0.25, 0.3) is 0 Å². The Balaban J connectivity index is 2.03. The molecule has 0 saturated heterocycles. The van der Waals surface area contributed by atoms with Crippen LogP contribution in [0, 0.1) is 0 Å². The van der Waals surface area contributed by atoms with Gasteiger partial charge in [-0.15, -0.1) is 0 Å². The zero-order valence-electron chi connectivity index (χ0n) is 16.3. The lowest BCUT2D eigenvalue weighted by atomic mass is 9.95. The van der Waals surface area contributed by atoms with Gasteiger partial charge in [0.15, 0.2) is 0 Å². The lowest BCUT2D eigenvalue weighted by Gasteiger charge is -2.12. The van der Waals surface area contributed by atoms with Gasteiger partial charge in [-0.3, -0.25) is 4.98 Å². The van der Waals surface area contributed by atoms with Gasteiger partial charge in [-0.25, -0.2) is 0 Å². The Morgan fingerprint density at radius 2 is 1.79 bits per heavy atom. The van der Waals surface area contributed by atoms with Crippen molar-refractivity contribution >= 4 is 35.0 Å².